The molecule has 128 valence electrons. The van der Waals surface area contributed by atoms with Crippen molar-refractivity contribution in [3.8, 4) is 0 Å². The molecule has 10 heteroatoms. The lowest BCUT2D eigenvalue weighted by Crippen LogP contribution is -2.39. The number of benzene rings is 1. The molecule has 1 aromatic rings. The van der Waals surface area contributed by atoms with E-state index in [1.807, 2.05) is 0 Å². The maximum Gasteiger partial charge on any atom is 0.241 e. The normalized spacial score (nSPS) is 19.0. The second kappa shape index (κ2) is 6.76. The van der Waals surface area contributed by atoms with Crippen molar-refractivity contribution >= 4 is 37.4 Å². The molecular formula is C13H17ClN2O5S2. The van der Waals surface area contributed by atoms with Crippen LogP contribution in [0.5, 0.6) is 0 Å². The van der Waals surface area contributed by atoms with Crippen molar-refractivity contribution in [2.75, 3.05) is 25.9 Å². The first-order valence-corrected chi connectivity index (χ1v) is 10.6. The molecule has 0 saturated carbocycles. The molecule has 1 amide bonds. The average Bonchev–Trinajstić information content (AvgIpc) is 2.95. The second-order valence-corrected chi connectivity index (χ2v) is 9.89. The molecule has 1 atom stereocenters. The number of sulfone groups is 1. The topological polar surface area (TPSA) is 101 Å². The fourth-order valence-corrected chi connectivity index (χ4v) is 4.55. The first-order valence-electron chi connectivity index (χ1n) is 6.81. The van der Waals surface area contributed by atoms with Crippen LogP contribution in [-0.4, -0.2) is 58.8 Å². The molecule has 0 bridgehead atoms. The van der Waals surface area contributed by atoms with Crippen LogP contribution in [0.15, 0.2) is 29.2 Å². The van der Waals surface area contributed by atoms with Gasteiger partial charge in [-0.25, -0.2) is 21.6 Å². The predicted octanol–water partition coefficient (Wildman–Crippen LogP) is 0.264. The summed E-state index contributed by atoms with van der Waals surface area (Å²) in [4.78, 5) is 13.4. The van der Waals surface area contributed by atoms with Crippen molar-refractivity contribution in [1.82, 2.24) is 9.62 Å². The van der Waals surface area contributed by atoms with Gasteiger partial charge in [0, 0.05) is 24.4 Å². The lowest BCUT2D eigenvalue weighted by molar-refractivity contribution is -0.128. The van der Waals surface area contributed by atoms with Gasteiger partial charge in [-0.1, -0.05) is 17.7 Å². The number of hydrogen-bond acceptors (Lipinski definition) is 5. The zero-order chi connectivity index (χ0) is 17.3. The van der Waals surface area contributed by atoms with E-state index in [1.165, 1.54) is 23.1 Å². The summed E-state index contributed by atoms with van der Waals surface area (Å²) in [6.45, 7) is -0.0304. The lowest BCUT2D eigenvalue weighted by Gasteiger charge is -2.16. The zero-order valence-electron chi connectivity index (χ0n) is 12.4. The Morgan fingerprint density at radius 3 is 2.61 bits per heavy atom. The molecule has 23 heavy (non-hydrogen) atoms. The standard InChI is InChI=1S/C13H17ClN2O5S2/c1-22(18,19)12-5-6-16(9-12)13(17)8-15-23(20,21)11-4-2-3-10(14)7-11/h2-4,7,12,15H,5-6,8-9H2,1H3. The van der Waals surface area contributed by atoms with Crippen molar-refractivity contribution in [3.05, 3.63) is 29.3 Å². The van der Waals surface area contributed by atoms with Gasteiger partial charge in [-0.3, -0.25) is 4.79 Å². The van der Waals surface area contributed by atoms with Gasteiger partial charge >= 0.3 is 0 Å². The third-order valence-electron chi connectivity index (χ3n) is 3.62. The number of likely N-dealkylation sites (tertiary alicyclic amines) is 1. The molecule has 1 unspecified atom stereocenters. The molecule has 0 aromatic heterocycles. The van der Waals surface area contributed by atoms with Gasteiger partial charge in [0.2, 0.25) is 15.9 Å². The van der Waals surface area contributed by atoms with Gasteiger partial charge in [-0.2, -0.15) is 0 Å². The summed E-state index contributed by atoms with van der Waals surface area (Å²) < 4.78 is 49.3. The van der Waals surface area contributed by atoms with Crippen LogP contribution < -0.4 is 4.72 Å². The van der Waals surface area contributed by atoms with E-state index in [1.54, 1.807) is 6.07 Å². The highest BCUT2D eigenvalue weighted by Gasteiger charge is 2.32. The van der Waals surface area contributed by atoms with Crippen LogP contribution in [0.4, 0.5) is 0 Å². The molecule has 1 aliphatic rings. The highest BCUT2D eigenvalue weighted by molar-refractivity contribution is 7.91. The Balaban J connectivity index is 1.97. The predicted molar refractivity (Wildman–Crippen MR) is 86.5 cm³/mol. The van der Waals surface area contributed by atoms with Crippen molar-refractivity contribution in [2.24, 2.45) is 0 Å². The van der Waals surface area contributed by atoms with Crippen molar-refractivity contribution in [2.45, 2.75) is 16.6 Å². The Bertz CT molecular complexity index is 807. The van der Waals surface area contributed by atoms with E-state index in [9.17, 15) is 21.6 Å². The summed E-state index contributed by atoms with van der Waals surface area (Å²) >= 11 is 5.75. The Labute approximate surface area is 140 Å². The van der Waals surface area contributed by atoms with E-state index in [0.717, 1.165) is 6.26 Å². The van der Waals surface area contributed by atoms with Gasteiger partial charge in [0.15, 0.2) is 9.84 Å². The molecular weight excluding hydrogens is 364 g/mol. The molecule has 7 nitrogen and oxygen atoms in total. The maximum absolute atomic E-state index is 12.1. The van der Waals surface area contributed by atoms with Crippen LogP contribution in [-0.2, 0) is 24.7 Å². The molecule has 1 fully saturated rings. The number of rotatable bonds is 5. The van der Waals surface area contributed by atoms with E-state index >= 15 is 0 Å². The van der Waals surface area contributed by atoms with Gasteiger partial charge in [0.25, 0.3) is 0 Å². The lowest BCUT2D eigenvalue weighted by atomic mass is 10.4. The Hall–Kier alpha value is -1.16. The zero-order valence-corrected chi connectivity index (χ0v) is 14.8. The number of sulfonamides is 1. The minimum atomic E-state index is -3.85. The van der Waals surface area contributed by atoms with E-state index < -0.39 is 37.6 Å². The molecule has 1 aromatic carbocycles. The van der Waals surface area contributed by atoms with Gasteiger partial charge in [0.05, 0.1) is 16.7 Å². The number of carbonyl (C=O) groups is 1. The fourth-order valence-electron chi connectivity index (χ4n) is 2.29. The first-order chi connectivity index (χ1) is 10.6. The van der Waals surface area contributed by atoms with Gasteiger partial charge in [0.1, 0.15) is 0 Å². The van der Waals surface area contributed by atoms with Gasteiger partial charge < -0.3 is 4.90 Å². The molecule has 0 radical (unpaired) electrons. The fraction of sp³-hybridized carbons (Fsp3) is 0.462. The molecule has 2 rings (SSSR count). The van der Waals surface area contributed by atoms with Crippen LogP contribution in [0, 0.1) is 0 Å². The van der Waals surface area contributed by atoms with Crippen LogP contribution in [0.3, 0.4) is 0 Å². The molecule has 1 saturated heterocycles. The molecule has 0 spiro atoms. The summed E-state index contributed by atoms with van der Waals surface area (Å²) in [5, 5.41) is -0.314. The van der Waals surface area contributed by atoms with E-state index in [-0.39, 0.29) is 16.5 Å². The smallest absolute Gasteiger partial charge is 0.241 e. The number of nitrogens with one attached hydrogen (secondary N) is 1. The van der Waals surface area contributed by atoms with Gasteiger partial charge in [-0.15, -0.1) is 0 Å². The Morgan fingerprint density at radius 1 is 1.35 bits per heavy atom. The summed E-state index contributed by atoms with van der Waals surface area (Å²) in [5.74, 6) is -0.457. The van der Waals surface area contributed by atoms with E-state index in [2.05, 4.69) is 4.72 Å². The van der Waals surface area contributed by atoms with Crippen molar-refractivity contribution in [1.29, 1.82) is 0 Å². The first kappa shape index (κ1) is 18.2. The van der Waals surface area contributed by atoms with Crippen LogP contribution in [0.2, 0.25) is 5.02 Å². The largest absolute Gasteiger partial charge is 0.340 e. The minimum Gasteiger partial charge on any atom is -0.340 e. The SMILES string of the molecule is CS(=O)(=O)C1CCN(C(=O)CNS(=O)(=O)c2cccc(Cl)c2)C1. The van der Waals surface area contributed by atoms with Crippen LogP contribution in [0.25, 0.3) is 0 Å². The molecule has 1 heterocycles. The summed E-state index contributed by atoms with van der Waals surface area (Å²) in [6, 6.07) is 5.69. The number of amides is 1. The maximum atomic E-state index is 12.1. The quantitative estimate of drug-likeness (QED) is 0.789. The van der Waals surface area contributed by atoms with Gasteiger partial charge in [-0.05, 0) is 24.6 Å². The highest BCUT2D eigenvalue weighted by Crippen LogP contribution is 2.17. The van der Waals surface area contributed by atoms with E-state index in [4.69, 9.17) is 11.6 Å². The summed E-state index contributed by atoms with van der Waals surface area (Å²) in [6.07, 6.45) is 1.50. The monoisotopic (exact) mass is 380 g/mol. The average molecular weight is 381 g/mol. The Kier molecular flexibility index (Phi) is 5.34. The second-order valence-electron chi connectivity index (χ2n) is 5.36. The van der Waals surface area contributed by atoms with E-state index in [0.29, 0.717) is 13.0 Å². The third-order valence-corrected chi connectivity index (χ3v) is 6.85. The number of hydrogen-bond donors (Lipinski definition) is 1. The third kappa shape index (κ3) is 4.66. The number of carbonyl (C=O) groups excluding carboxylic acids is 1. The van der Waals surface area contributed by atoms with Crippen LogP contribution in [0.1, 0.15) is 6.42 Å². The molecule has 1 aliphatic heterocycles. The summed E-state index contributed by atoms with van der Waals surface area (Å²) in [5.41, 5.74) is 0. The van der Waals surface area contributed by atoms with Crippen LogP contribution >= 0.6 is 11.6 Å². The molecule has 1 N–H and O–H groups in total. The minimum absolute atomic E-state index is 0.0340. The number of nitrogens with zero attached hydrogens (tertiary/aromatic N) is 1. The summed E-state index contributed by atoms with van der Waals surface area (Å²) in [7, 11) is -7.06. The Morgan fingerprint density at radius 2 is 2.04 bits per heavy atom. The van der Waals surface area contributed by atoms with Crippen molar-refractivity contribution in [3.63, 3.8) is 0 Å². The van der Waals surface area contributed by atoms with Crippen molar-refractivity contribution < 1.29 is 21.6 Å². The molecule has 0 aliphatic carbocycles. The highest BCUT2D eigenvalue weighted by atomic mass is 35.5. The number of halogens is 1.